The predicted molar refractivity (Wildman–Crippen MR) is 45.6 cm³/mol. The minimum atomic E-state index is -5.96. The van der Waals surface area contributed by atoms with Crippen molar-refractivity contribution in [3.63, 3.8) is 0 Å². The fourth-order valence-electron chi connectivity index (χ4n) is 0.871. The van der Waals surface area contributed by atoms with Crippen LogP contribution in [0.25, 0.3) is 0 Å². The van der Waals surface area contributed by atoms with Crippen LogP contribution in [0.5, 0.6) is 0 Å². The number of nitro groups is 1. The number of halogens is 4. The molecule has 0 radical (unpaired) electrons. The lowest BCUT2D eigenvalue weighted by molar-refractivity contribution is -0.681. The third-order valence-corrected chi connectivity index (χ3v) is 1.52. The van der Waals surface area contributed by atoms with Crippen molar-refractivity contribution in [2.75, 3.05) is 0 Å². The molecule has 0 spiro atoms. The van der Waals surface area contributed by atoms with Crippen molar-refractivity contribution in [1.29, 1.82) is 0 Å². The van der Waals surface area contributed by atoms with Crippen LogP contribution < -0.4 is 0 Å². The maximum Gasteiger partial charge on any atom is 0.874 e. The molecule has 1 aromatic rings. The molecule has 0 bridgehead atoms. The van der Waals surface area contributed by atoms with Crippen LogP contribution in [0, 0.1) is 10.1 Å². The van der Waals surface area contributed by atoms with Gasteiger partial charge < -0.3 is 12.9 Å². The second kappa shape index (κ2) is 4.25. The van der Waals surface area contributed by atoms with Crippen molar-refractivity contribution in [2.45, 2.75) is 0 Å². The van der Waals surface area contributed by atoms with E-state index in [1.165, 1.54) is 12.1 Å². The zero-order valence-electron chi connectivity index (χ0n) is 7.56. The molecule has 0 N–H and O–H groups in total. The monoisotopic (exact) mass is 237 g/mol. The highest BCUT2D eigenvalue weighted by molar-refractivity contribution is 6.48. The van der Waals surface area contributed by atoms with Gasteiger partial charge >= 0.3 is 12.8 Å². The number of para-hydroxylation sites is 1. The first-order valence-corrected chi connectivity index (χ1v) is 3.92. The number of hydrogen-bond acceptors (Lipinski definition) is 3. The molecule has 0 atom stereocenters. The van der Waals surface area contributed by atoms with E-state index in [-0.39, 0.29) is 0 Å². The summed E-state index contributed by atoms with van der Waals surface area (Å²) in [5.74, 6) is 0. The summed E-state index contributed by atoms with van der Waals surface area (Å²) in [4.78, 5) is 7.71. The van der Waals surface area contributed by atoms with Gasteiger partial charge in [0.05, 0.1) is 9.40 Å². The van der Waals surface area contributed by atoms with Crippen LogP contribution in [0.15, 0.2) is 29.4 Å². The molecule has 0 saturated heterocycles. The Bertz CT molecular complexity index is 448. The lowest BCUT2D eigenvalue weighted by Crippen LogP contribution is -2.27. The average molecular weight is 237 g/mol. The van der Waals surface area contributed by atoms with Crippen molar-refractivity contribution in [3.05, 3.63) is 34.4 Å². The van der Waals surface area contributed by atoms with E-state index in [9.17, 15) is 27.5 Å². The molecule has 0 amide bonds. The second-order valence-electron chi connectivity index (χ2n) is 2.67. The van der Waals surface area contributed by atoms with E-state index in [1.54, 1.807) is 0 Å². The number of hydrogen-bond donors (Lipinski definition) is 0. The summed E-state index contributed by atoms with van der Waals surface area (Å²) in [6, 6.07) is 4.28. The molecule has 86 valence electrons. The molecule has 0 aliphatic carbocycles. The Balaban J connectivity index is 3.20. The lowest BCUT2D eigenvalue weighted by atomic mass is 10.2. The largest absolute Gasteiger partial charge is 0.874 e. The van der Waals surface area contributed by atoms with Gasteiger partial charge in [0.15, 0.2) is 0 Å². The minimum Gasteiger partial charge on any atom is -0.375 e. The summed E-state index contributed by atoms with van der Waals surface area (Å²) < 4.78 is 47.8. The Hall–Kier alpha value is -2.00. The highest BCUT2D eigenvalue weighted by Gasteiger charge is 2.49. The van der Waals surface area contributed by atoms with Crippen molar-refractivity contribution in [2.24, 2.45) is 5.11 Å². The molecule has 0 fully saturated rings. The van der Waals surface area contributed by atoms with Gasteiger partial charge in [-0.25, -0.2) is 0 Å². The summed E-state index contributed by atoms with van der Waals surface area (Å²) in [6.07, 6.45) is 0. The van der Waals surface area contributed by atoms with Crippen molar-refractivity contribution in [1.82, 2.24) is 0 Å². The minimum absolute atomic E-state index is 0.700. The predicted octanol–water partition coefficient (Wildman–Crippen LogP) is 2.92. The summed E-state index contributed by atoms with van der Waals surface area (Å²) in [6.45, 7) is 0. The molecule has 0 unspecified atom stereocenters. The van der Waals surface area contributed by atoms with Gasteiger partial charge in [0, 0.05) is 6.07 Å². The standard InChI is InChI=1S/C6H4BF4N3O2/c8-7(9,10)14(11)12-5-3-1-2-4-6(5)13(15)16/h1-4H. The van der Waals surface area contributed by atoms with Crippen LogP contribution in [0.1, 0.15) is 0 Å². The molecule has 0 aliphatic heterocycles. The van der Waals surface area contributed by atoms with Crippen LogP contribution in [0.4, 0.5) is 28.8 Å². The second-order valence-corrected chi connectivity index (χ2v) is 2.67. The molecule has 0 heterocycles. The van der Waals surface area contributed by atoms with E-state index < -0.39 is 28.2 Å². The first kappa shape index (κ1) is 12.1. The summed E-state index contributed by atoms with van der Waals surface area (Å²) in [5, 5.41) is 12.9. The first-order valence-electron chi connectivity index (χ1n) is 3.92. The topological polar surface area (TPSA) is 58.5 Å². The molecule has 0 aromatic heterocycles. The SMILES string of the molecule is O=[N+]([O-])c1ccccc1N=[N+](F)[B-](F)(F)F. The van der Waals surface area contributed by atoms with Crippen LogP contribution in [0.2, 0.25) is 0 Å². The van der Waals surface area contributed by atoms with Crippen LogP contribution in [0.3, 0.4) is 0 Å². The number of benzene rings is 1. The number of nitro benzene ring substituents is 1. The van der Waals surface area contributed by atoms with Gasteiger partial charge in [0.2, 0.25) is 5.69 Å². The Morgan fingerprint density at radius 2 is 1.81 bits per heavy atom. The molecule has 16 heavy (non-hydrogen) atoms. The molecular formula is C6H4BF4N3O2. The van der Waals surface area contributed by atoms with E-state index in [4.69, 9.17) is 0 Å². The molecule has 10 heteroatoms. The molecule has 0 aliphatic rings. The normalized spacial score (nSPS) is 12.6. The van der Waals surface area contributed by atoms with Gasteiger partial charge in [-0.05, 0) is 16.0 Å². The van der Waals surface area contributed by atoms with Gasteiger partial charge in [-0.1, -0.05) is 12.1 Å². The Morgan fingerprint density at radius 3 is 2.31 bits per heavy atom. The first-order chi connectivity index (χ1) is 7.32. The maximum atomic E-state index is 12.4. The van der Waals surface area contributed by atoms with Crippen LogP contribution >= 0.6 is 0 Å². The molecule has 1 aromatic carbocycles. The van der Waals surface area contributed by atoms with E-state index in [0.717, 1.165) is 12.1 Å². The summed E-state index contributed by atoms with van der Waals surface area (Å²) >= 11 is 0. The Morgan fingerprint density at radius 1 is 1.25 bits per heavy atom. The van der Waals surface area contributed by atoms with Gasteiger partial charge in [0.25, 0.3) is 0 Å². The average Bonchev–Trinajstić information content (AvgIpc) is 2.16. The maximum absolute atomic E-state index is 12.4. The van der Waals surface area contributed by atoms with Crippen molar-refractivity contribution >= 4 is 18.5 Å². The zero-order chi connectivity index (χ0) is 12.3. The highest BCUT2D eigenvalue weighted by Crippen LogP contribution is 2.27. The van der Waals surface area contributed by atoms with E-state index >= 15 is 0 Å². The number of nitrogens with zero attached hydrogens (tertiary/aromatic N) is 3. The fourth-order valence-corrected chi connectivity index (χ4v) is 0.871. The highest BCUT2D eigenvalue weighted by atomic mass is 19.4. The van der Waals surface area contributed by atoms with Crippen molar-refractivity contribution < 1.29 is 27.2 Å². The van der Waals surface area contributed by atoms with E-state index in [0.29, 0.717) is 0 Å². The Kier molecular flexibility index (Phi) is 3.21. The van der Waals surface area contributed by atoms with Gasteiger partial charge in [-0.15, -0.1) is 0 Å². The van der Waals surface area contributed by atoms with Crippen LogP contribution in [-0.4, -0.2) is 16.9 Å². The molecule has 1 rings (SSSR count). The molecule has 0 saturated carbocycles. The summed E-state index contributed by atoms with van der Waals surface area (Å²) in [5.41, 5.74) is -1.40. The third kappa shape index (κ3) is 2.75. The van der Waals surface area contributed by atoms with E-state index in [2.05, 4.69) is 5.11 Å². The zero-order valence-corrected chi connectivity index (χ0v) is 7.56. The number of rotatable bonds is 3. The lowest BCUT2D eigenvalue weighted by Gasteiger charge is -1.99. The third-order valence-electron chi connectivity index (χ3n) is 1.52. The quantitative estimate of drug-likeness (QED) is 0.202. The van der Waals surface area contributed by atoms with Gasteiger partial charge in [-0.2, -0.15) is 0 Å². The van der Waals surface area contributed by atoms with E-state index in [1.807, 2.05) is 0 Å². The van der Waals surface area contributed by atoms with Crippen LogP contribution in [-0.2, 0) is 0 Å². The van der Waals surface area contributed by atoms with Gasteiger partial charge in [-0.3, -0.25) is 10.1 Å². The summed E-state index contributed by atoms with van der Waals surface area (Å²) in [7, 11) is -5.96. The molecular weight excluding hydrogens is 233 g/mol. The molecule has 5 nitrogen and oxygen atoms in total. The van der Waals surface area contributed by atoms with Crippen molar-refractivity contribution in [3.8, 4) is 0 Å². The fraction of sp³-hybridized carbons (Fsp3) is 0. The van der Waals surface area contributed by atoms with Gasteiger partial charge in [0.1, 0.15) is 0 Å². The Labute approximate surface area is 86.2 Å². The smallest absolute Gasteiger partial charge is 0.375 e.